The number of rotatable bonds is 9. The van der Waals surface area contributed by atoms with Gasteiger partial charge in [-0.1, -0.05) is 6.42 Å². The lowest BCUT2D eigenvalue weighted by Crippen LogP contribution is -2.41. The van der Waals surface area contributed by atoms with Crippen molar-refractivity contribution in [3.8, 4) is 0 Å². The molecular formula is C11H24N4O2. The van der Waals surface area contributed by atoms with Crippen LogP contribution in [0.4, 0.5) is 0 Å². The second-order valence-electron chi connectivity index (χ2n) is 4.02. The number of unbranched alkanes of at least 4 members (excludes halogenated alkanes) is 1. The summed E-state index contributed by atoms with van der Waals surface area (Å²) in [6.07, 6.45) is 3.13. The Morgan fingerprint density at radius 2 is 1.76 bits per heavy atom. The van der Waals surface area contributed by atoms with E-state index in [2.05, 4.69) is 10.6 Å². The van der Waals surface area contributed by atoms with Gasteiger partial charge in [0.05, 0.1) is 6.04 Å². The van der Waals surface area contributed by atoms with E-state index in [1.807, 2.05) is 0 Å². The van der Waals surface area contributed by atoms with Gasteiger partial charge in [0.15, 0.2) is 0 Å². The Morgan fingerprint density at radius 3 is 2.35 bits per heavy atom. The first kappa shape index (κ1) is 15.9. The summed E-state index contributed by atoms with van der Waals surface area (Å²) in [5, 5.41) is 5.39. The SMILES string of the molecule is CC(=O)NCCCNC(=O)C(N)CCCCN. The van der Waals surface area contributed by atoms with Crippen molar-refractivity contribution in [3.05, 3.63) is 0 Å². The van der Waals surface area contributed by atoms with Crippen molar-refractivity contribution in [2.24, 2.45) is 11.5 Å². The third kappa shape index (κ3) is 9.77. The fraction of sp³-hybridized carbons (Fsp3) is 0.818. The molecule has 0 radical (unpaired) electrons. The molecule has 0 saturated heterocycles. The Kier molecular flexibility index (Phi) is 9.37. The van der Waals surface area contributed by atoms with Crippen LogP contribution in [0.2, 0.25) is 0 Å². The molecule has 0 bridgehead atoms. The van der Waals surface area contributed by atoms with E-state index in [4.69, 9.17) is 11.5 Å². The lowest BCUT2D eigenvalue weighted by atomic mass is 10.1. The van der Waals surface area contributed by atoms with Crippen molar-refractivity contribution in [1.82, 2.24) is 10.6 Å². The minimum Gasteiger partial charge on any atom is -0.356 e. The fourth-order valence-electron chi connectivity index (χ4n) is 1.34. The second kappa shape index (κ2) is 10.0. The molecule has 6 nitrogen and oxygen atoms in total. The second-order valence-corrected chi connectivity index (χ2v) is 4.02. The Balaban J connectivity index is 3.47. The highest BCUT2D eigenvalue weighted by molar-refractivity contribution is 5.81. The molecule has 0 spiro atoms. The number of nitrogens with one attached hydrogen (secondary N) is 2. The number of hydrogen-bond donors (Lipinski definition) is 4. The Bertz CT molecular complexity index is 234. The van der Waals surface area contributed by atoms with Gasteiger partial charge in [-0.2, -0.15) is 0 Å². The zero-order valence-corrected chi connectivity index (χ0v) is 10.5. The van der Waals surface area contributed by atoms with Crippen molar-refractivity contribution in [3.63, 3.8) is 0 Å². The van der Waals surface area contributed by atoms with Crippen LogP contribution in [-0.4, -0.2) is 37.5 Å². The fourth-order valence-corrected chi connectivity index (χ4v) is 1.34. The minimum absolute atomic E-state index is 0.0604. The monoisotopic (exact) mass is 244 g/mol. The average molecular weight is 244 g/mol. The highest BCUT2D eigenvalue weighted by Crippen LogP contribution is 1.97. The molecule has 6 heteroatoms. The molecule has 0 aliphatic carbocycles. The lowest BCUT2D eigenvalue weighted by molar-refractivity contribution is -0.122. The quantitative estimate of drug-likeness (QED) is 0.393. The molecule has 0 aromatic heterocycles. The van der Waals surface area contributed by atoms with Crippen molar-refractivity contribution in [2.75, 3.05) is 19.6 Å². The molecule has 0 aliphatic heterocycles. The predicted molar refractivity (Wildman–Crippen MR) is 67.2 cm³/mol. The van der Waals surface area contributed by atoms with E-state index < -0.39 is 6.04 Å². The molecule has 0 rings (SSSR count). The summed E-state index contributed by atoms with van der Waals surface area (Å²) in [6, 6.07) is -0.456. The van der Waals surface area contributed by atoms with E-state index in [-0.39, 0.29) is 11.8 Å². The lowest BCUT2D eigenvalue weighted by Gasteiger charge is -2.11. The summed E-state index contributed by atoms with van der Waals surface area (Å²) in [7, 11) is 0. The average Bonchev–Trinajstić information content (AvgIpc) is 2.28. The Hall–Kier alpha value is -1.14. The molecule has 1 atom stereocenters. The van der Waals surface area contributed by atoms with E-state index in [9.17, 15) is 9.59 Å². The molecule has 17 heavy (non-hydrogen) atoms. The molecule has 0 fully saturated rings. The number of nitrogens with two attached hydrogens (primary N) is 2. The van der Waals surface area contributed by atoms with Gasteiger partial charge >= 0.3 is 0 Å². The molecule has 0 aliphatic rings. The van der Waals surface area contributed by atoms with E-state index in [1.165, 1.54) is 6.92 Å². The van der Waals surface area contributed by atoms with Gasteiger partial charge in [0, 0.05) is 20.0 Å². The summed E-state index contributed by atoms with van der Waals surface area (Å²) in [5.41, 5.74) is 11.1. The van der Waals surface area contributed by atoms with Crippen LogP contribution >= 0.6 is 0 Å². The van der Waals surface area contributed by atoms with Crippen LogP contribution in [0.25, 0.3) is 0 Å². The largest absolute Gasteiger partial charge is 0.356 e. The van der Waals surface area contributed by atoms with Crippen LogP contribution < -0.4 is 22.1 Å². The maximum Gasteiger partial charge on any atom is 0.236 e. The van der Waals surface area contributed by atoms with E-state index in [1.54, 1.807) is 0 Å². The van der Waals surface area contributed by atoms with Crippen molar-refractivity contribution in [1.29, 1.82) is 0 Å². The van der Waals surface area contributed by atoms with Gasteiger partial charge in [0.25, 0.3) is 0 Å². The van der Waals surface area contributed by atoms with Gasteiger partial charge < -0.3 is 22.1 Å². The summed E-state index contributed by atoms with van der Waals surface area (Å²) in [4.78, 5) is 22.0. The van der Waals surface area contributed by atoms with Crippen LogP contribution in [0.1, 0.15) is 32.6 Å². The maximum absolute atomic E-state index is 11.5. The highest BCUT2D eigenvalue weighted by atomic mass is 16.2. The molecule has 2 amide bonds. The maximum atomic E-state index is 11.5. The molecule has 0 aromatic carbocycles. The Morgan fingerprint density at radius 1 is 1.12 bits per heavy atom. The molecule has 1 unspecified atom stereocenters. The number of carbonyl (C=O) groups is 2. The summed E-state index contributed by atoms with van der Waals surface area (Å²) >= 11 is 0. The van der Waals surface area contributed by atoms with Gasteiger partial charge in [-0.05, 0) is 25.8 Å². The zero-order chi connectivity index (χ0) is 13.1. The molecule has 0 saturated carbocycles. The predicted octanol–water partition coefficient (Wildman–Crippen LogP) is -0.915. The van der Waals surface area contributed by atoms with Gasteiger partial charge in [0.2, 0.25) is 11.8 Å². The summed E-state index contributed by atoms with van der Waals surface area (Å²) < 4.78 is 0. The normalized spacial score (nSPS) is 11.9. The van der Waals surface area contributed by atoms with Crippen LogP contribution in [0, 0.1) is 0 Å². The number of amides is 2. The summed E-state index contributed by atoms with van der Waals surface area (Å²) in [5.74, 6) is -0.195. The van der Waals surface area contributed by atoms with Crippen LogP contribution in [0.15, 0.2) is 0 Å². The highest BCUT2D eigenvalue weighted by Gasteiger charge is 2.11. The molecular weight excluding hydrogens is 220 g/mol. The van der Waals surface area contributed by atoms with E-state index in [0.29, 0.717) is 32.5 Å². The zero-order valence-electron chi connectivity index (χ0n) is 10.5. The molecule has 100 valence electrons. The minimum atomic E-state index is -0.456. The third-order valence-electron chi connectivity index (χ3n) is 2.33. The van der Waals surface area contributed by atoms with Crippen molar-refractivity contribution >= 4 is 11.8 Å². The Labute approximate surface area is 102 Å². The van der Waals surface area contributed by atoms with Crippen LogP contribution in [-0.2, 0) is 9.59 Å². The molecule has 0 heterocycles. The first-order valence-electron chi connectivity index (χ1n) is 6.05. The topological polar surface area (TPSA) is 110 Å². The van der Waals surface area contributed by atoms with Gasteiger partial charge in [-0.25, -0.2) is 0 Å². The smallest absolute Gasteiger partial charge is 0.236 e. The van der Waals surface area contributed by atoms with E-state index in [0.717, 1.165) is 12.8 Å². The third-order valence-corrected chi connectivity index (χ3v) is 2.33. The first-order chi connectivity index (χ1) is 8.07. The summed E-state index contributed by atoms with van der Waals surface area (Å²) in [6.45, 7) is 3.19. The van der Waals surface area contributed by atoms with Crippen molar-refractivity contribution in [2.45, 2.75) is 38.6 Å². The number of hydrogen-bond acceptors (Lipinski definition) is 4. The van der Waals surface area contributed by atoms with Crippen LogP contribution in [0.5, 0.6) is 0 Å². The standard InChI is InChI=1S/C11H24N4O2/c1-9(16)14-7-4-8-15-11(17)10(13)5-2-3-6-12/h10H,2-8,12-13H2,1H3,(H,14,16)(H,15,17). The molecule has 6 N–H and O–H groups in total. The van der Waals surface area contributed by atoms with E-state index >= 15 is 0 Å². The van der Waals surface area contributed by atoms with Crippen LogP contribution in [0.3, 0.4) is 0 Å². The van der Waals surface area contributed by atoms with Gasteiger partial charge in [-0.3, -0.25) is 9.59 Å². The molecule has 0 aromatic rings. The van der Waals surface area contributed by atoms with Gasteiger partial charge in [0.1, 0.15) is 0 Å². The van der Waals surface area contributed by atoms with Gasteiger partial charge in [-0.15, -0.1) is 0 Å². The number of carbonyl (C=O) groups excluding carboxylic acids is 2. The first-order valence-corrected chi connectivity index (χ1v) is 6.05. The van der Waals surface area contributed by atoms with Crippen molar-refractivity contribution < 1.29 is 9.59 Å².